The van der Waals surface area contributed by atoms with E-state index in [1.165, 1.54) is 0 Å². The molecule has 34 heavy (non-hydrogen) atoms. The number of carbonyl (C=O) groups excluding carboxylic acids is 2. The number of hydrogen-bond donors (Lipinski definition) is 0. The van der Waals surface area contributed by atoms with Crippen LogP contribution in [0.4, 0.5) is 0 Å². The zero-order valence-corrected chi connectivity index (χ0v) is 19.4. The Labute approximate surface area is 199 Å². The Balaban J connectivity index is 1.18. The SMILES string of the molecule is O=C(CCc1nc2ccccc2n1-c1ccccc1)N1CCN(C(=O)CN2CCOCC2)CC1. The number of nitrogens with zero attached hydrogens (tertiary/aromatic N) is 5. The number of rotatable bonds is 6. The van der Waals surface area contributed by atoms with E-state index in [9.17, 15) is 9.59 Å². The molecule has 0 saturated carbocycles. The number of ether oxygens (including phenoxy) is 1. The quantitative estimate of drug-likeness (QED) is 0.561. The lowest BCUT2D eigenvalue weighted by atomic mass is 10.2. The molecule has 3 heterocycles. The lowest BCUT2D eigenvalue weighted by Gasteiger charge is -2.36. The maximum absolute atomic E-state index is 13.0. The average Bonchev–Trinajstić information content (AvgIpc) is 3.27. The number of benzene rings is 2. The molecule has 0 atom stereocenters. The molecule has 3 aromatic rings. The van der Waals surface area contributed by atoms with Crippen LogP contribution >= 0.6 is 0 Å². The Morgan fingerprint density at radius 3 is 2.18 bits per heavy atom. The number of amides is 2. The van der Waals surface area contributed by atoms with Gasteiger partial charge in [-0.2, -0.15) is 0 Å². The molecule has 1 aromatic heterocycles. The van der Waals surface area contributed by atoms with Crippen LogP contribution in [0.2, 0.25) is 0 Å². The zero-order chi connectivity index (χ0) is 23.3. The summed E-state index contributed by atoms with van der Waals surface area (Å²) >= 11 is 0. The fraction of sp³-hybridized carbons (Fsp3) is 0.423. The van der Waals surface area contributed by atoms with Crippen LogP contribution in [-0.2, 0) is 20.7 Å². The number of piperazine rings is 1. The summed E-state index contributed by atoms with van der Waals surface area (Å²) in [5, 5.41) is 0. The van der Waals surface area contributed by atoms with E-state index in [4.69, 9.17) is 9.72 Å². The minimum absolute atomic E-state index is 0.118. The van der Waals surface area contributed by atoms with E-state index in [0.717, 1.165) is 35.6 Å². The van der Waals surface area contributed by atoms with Gasteiger partial charge in [0.2, 0.25) is 11.8 Å². The van der Waals surface area contributed by atoms with Crippen LogP contribution in [0.25, 0.3) is 16.7 Å². The van der Waals surface area contributed by atoms with Crippen molar-refractivity contribution in [3.63, 3.8) is 0 Å². The Bertz CT molecular complexity index is 1130. The Kier molecular flexibility index (Phi) is 6.87. The van der Waals surface area contributed by atoms with Crippen LogP contribution < -0.4 is 0 Å². The smallest absolute Gasteiger partial charge is 0.236 e. The first-order valence-corrected chi connectivity index (χ1v) is 12.1. The van der Waals surface area contributed by atoms with Crippen molar-refractivity contribution in [2.24, 2.45) is 0 Å². The van der Waals surface area contributed by atoms with E-state index in [-0.39, 0.29) is 11.8 Å². The first kappa shape index (κ1) is 22.6. The third-order valence-corrected chi connectivity index (χ3v) is 6.65. The third kappa shape index (κ3) is 4.98. The van der Waals surface area contributed by atoms with Gasteiger partial charge in [-0.3, -0.25) is 19.1 Å². The predicted octanol–water partition coefficient (Wildman–Crippen LogP) is 1.96. The van der Waals surface area contributed by atoms with Gasteiger partial charge >= 0.3 is 0 Å². The summed E-state index contributed by atoms with van der Waals surface area (Å²) < 4.78 is 7.50. The Morgan fingerprint density at radius 1 is 0.794 bits per heavy atom. The van der Waals surface area contributed by atoms with Crippen LogP contribution in [-0.4, -0.2) is 95.1 Å². The van der Waals surface area contributed by atoms with Crippen molar-refractivity contribution in [1.29, 1.82) is 0 Å². The highest BCUT2D eigenvalue weighted by molar-refractivity contribution is 5.80. The highest BCUT2D eigenvalue weighted by Gasteiger charge is 2.26. The van der Waals surface area contributed by atoms with Crippen molar-refractivity contribution in [3.05, 3.63) is 60.4 Å². The lowest BCUT2D eigenvalue weighted by molar-refractivity contribution is -0.140. The standard InChI is InChI=1S/C26H31N5O3/c32-25(29-12-14-30(15-13-29)26(33)20-28-16-18-34-19-17-28)11-10-24-27-22-8-4-5-9-23(22)31(24)21-6-2-1-3-7-21/h1-9H,10-20H2. The molecule has 2 aliphatic rings. The third-order valence-electron chi connectivity index (χ3n) is 6.65. The summed E-state index contributed by atoms with van der Waals surface area (Å²) in [4.78, 5) is 36.4. The number of carbonyl (C=O) groups is 2. The molecule has 0 aliphatic carbocycles. The number of aromatic nitrogens is 2. The van der Waals surface area contributed by atoms with Crippen molar-refractivity contribution >= 4 is 22.8 Å². The van der Waals surface area contributed by atoms with E-state index in [2.05, 4.69) is 27.7 Å². The predicted molar refractivity (Wildman–Crippen MR) is 130 cm³/mol. The van der Waals surface area contributed by atoms with E-state index >= 15 is 0 Å². The van der Waals surface area contributed by atoms with Gasteiger partial charge in [0.25, 0.3) is 0 Å². The molecule has 0 unspecified atom stereocenters. The number of fused-ring (bicyclic) bond motifs is 1. The van der Waals surface area contributed by atoms with E-state index < -0.39 is 0 Å². The molecule has 0 radical (unpaired) electrons. The monoisotopic (exact) mass is 461 g/mol. The minimum atomic E-state index is 0.118. The molecular formula is C26H31N5O3. The second kappa shape index (κ2) is 10.4. The van der Waals surface area contributed by atoms with Gasteiger partial charge in [-0.1, -0.05) is 30.3 Å². The molecule has 8 nitrogen and oxygen atoms in total. The van der Waals surface area contributed by atoms with Gasteiger partial charge in [-0.05, 0) is 24.3 Å². The summed E-state index contributed by atoms with van der Waals surface area (Å²) in [5.74, 6) is 1.15. The minimum Gasteiger partial charge on any atom is -0.379 e. The summed E-state index contributed by atoms with van der Waals surface area (Å²) in [7, 11) is 0. The molecule has 2 aromatic carbocycles. The van der Waals surface area contributed by atoms with Crippen LogP contribution in [0.5, 0.6) is 0 Å². The van der Waals surface area contributed by atoms with Crippen LogP contribution in [0, 0.1) is 0 Å². The Morgan fingerprint density at radius 2 is 1.44 bits per heavy atom. The number of para-hydroxylation sites is 3. The summed E-state index contributed by atoms with van der Waals surface area (Å²) in [6, 6.07) is 18.2. The first-order chi connectivity index (χ1) is 16.7. The Hall–Kier alpha value is -3.23. The molecular weight excluding hydrogens is 430 g/mol. The number of aryl methyl sites for hydroxylation is 1. The lowest BCUT2D eigenvalue weighted by Crippen LogP contribution is -2.53. The summed E-state index contributed by atoms with van der Waals surface area (Å²) in [5.41, 5.74) is 3.02. The van der Waals surface area contributed by atoms with Crippen LogP contribution in [0.1, 0.15) is 12.2 Å². The molecule has 2 saturated heterocycles. The van der Waals surface area contributed by atoms with Crippen molar-refractivity contribution in [3.8, 4) is 5.69 Å². The molecule has 8 heteroatoms. The van der Waals surface area contributed by atoms with Gasteiger partial charge in [-0.25, -0.2) is 4.98 Å². The fourth-order valence-corrected chi connectivity index (χ4v) is 4.74. The number of hydrogen-bond acceptors (Lipinski definition) is 5. The largest absolute Gasteiger partial charge is 0.379 e. The highest BCUT2D eigenvalue weighted by Crippen LogP contribution is 2.22. The number of morpholine rings is 1. The van der Waals surface area contributed by atoms with E-state index in [1.807, 2.05) is 46.2 Å². The summed E-state index contributed by atoms with van der Waals surface area (Å²) in [6.45, 7) is 5.78. The average molecular weight is 462 g/mol. The maximum atomic E-state index is 13.0. The van der Waals surface area contributed by atoms with Gasteiger partial charge in [-0.15, -0.1) is 0 Å². The second-order valence-corrected chi connectivity index (χ2v) is 8.84. The van der Waals surface area contributed by atoms with Gasteiger partial charge in [0.15, 0.2) is 0 Å². The molecule has 2 amide bonds. The van der Waals surface area contributed by atoms with Gasteiger partial charge in [0, 0.05) is 57.8 Å². The second-order valence-electron chi connectivity index (χ2n) is 8.84. The van der Waals surface area contributed by atoms with Gasteiger partial charge in [0.1, 0.15) is 5.82 Å². The van der Waals surface area contributed by atoms with E-state index in [0.29, 0.717) is 58.8 Å². The van der Waals surface area contributed by atoms with Crippen LogP contribution in [0.15, 0.2) is 54.6 Å². The molecule has 5 rings (SSSR count). The van der Waals surface area contributed by atoms with Crippen molar-refractivity contribution in [1.82, 2.24) is 24.3 Å². The molecule has 2 aliphatic heterocycles. The maximum Gasteiger partial charge on any atom is 0.236 e. The summed E-state index contributed by atoms with van der Waals surface area (Å²) in [6.07, 6.45) is 0.969. The van der Waals surface area contributed by atoms with Gasteiger partial charge in [0.05, 0.1) is 30.8 Å². The van der Waals surface area contributed by atoms with Gasteiger partial charge < -0.3 is 14.5 Å². The molecule has 2 fully saturated rings. The highest BCUT2D eigenvalue weighted by atomic mass is 16.5. The molecule has 0 N–H and O–H groups in total. The van der Waals surface area contributed by atoms with Crippen molar-refractivity contribution < 1.29 is 14.3 Å². The normalized spacial score (nSPS) is 17.3. The van der Waals surface area contributed by atoms with Crippen molar-refractivity contribution in [2.45, 2.75) is 12.8 Å². The topological polar surface area (TPSA) is 70.9 Å². The number of imidazole rings is 1. The van der Waals surface area contributed by atoms with Crippen molar-refractivity contribution in [2.75, 3.05) is 59.0 Å². The zero-order valence-electron chi connectivity index (χ0n) is 19.4. The first-order valence-electron chi connectivity index (χ1n) is 12.1. The van der Waals surface area contributed by atoms with Crippen LogP contribution in [0.3, 0.4) is 0 Å². The van der Waals surface area contributed by atoms with E-state index in [1.54, 1.807) is 0 Å². The molecule has 0 spiro atoms. The fourth-order valence-electron chi connectivity index (χ4n) is 4.74. The molecule has 0 bridgehead atoms. The molecule has 178 valence electrons.